The Kier molecular flexibility index (Phi) is 5.76. The lowest BCUT2D eigenvalue weighted by atomic mass is 10.3. The molecule has 0 aliphatic carbocycles. The van der Waals surface area contributed by atoms with Gasteiger partial charge < -0.3 is 10.1 Å². The lowest BCUT2D eigenvalue weighted by Crippen LogP contribution is -2.14. The molecule has 0 aliphatic heterocycles. The van der Waals surface area contributed by atoms with E-state index in [-0.39, 0.29) is 0 Å². The molecule has 0 fully saturated rings. The van der Waals surface area contributed by atoms with E-state index in [1.807, 2.05) is 6.07 Å². The first-order valence-corrected chi connectivity index (χ1v) is 7.50. The van der Waals surface area contributed by atoms with Crippen molar-refractivity contribution in [3.63, 3.8) is 0 Å². The second-order valence-electron chi connectivity index (χ2n) is 4.20. The molecule has 0 spiro atoms. The van der Waals surface area contributed by atoms with Crippen molar-refractivity contribution in [3.05, 3.63) is 45.8 Å². The predicted molar refractivity (Wildman–Crippen MR) is 83.3 cm³/mol. The summed E-state index contributed by atoms with van der Waals surface area (Å²) in [7, 11) is 0. The normalized spacial score (nSPS) is 10.6. The van der Waals surface area contributed by atoms with Gasteiger partial charge in [-0.1, -0.05) is 34.5 Å². The summed E-state index contributed by atoms with van der Waals surface area (Å²) in [6.45, 7) is 3.80. The summed E-state index contributed by atoms with van der Waals surface area (Å²) in [6, 6.07) is 5.41. The lowest BCUT2D eigenvalue weighted by molar-refractivity contribution is 0.459. The Labute approximate surface area is 131 Å². The second-order valence-corrected chi connectivity index (χ2v) is 5.52. The van der Waals surface area contributed by atoms with Crippen molar-refractivity contribution < 1.29 is 4.74 Å². The van der Waals surface area contributed by atoms with Crippen LogP contribution in [0, 0.1) is 0 Å². The van der Waals surface area contributed by atoms with Crippen molar-refractivity contribution in [1.82, 2.24) is 15.3 Å². The monoisotopic (exact) mass is 355 g/mol. The zero-order valence-corrected chi connectivity index (χ0v) is 13.4. The van der Waals surface area contributed by atoms with Gasteiger partial charge in [-0.25, -0.2) is 4.98 Å². The Hall–Kier alpha value is -1.17. The van der Waals surface area contributed by atoms with Gasteiger partial charge in [0, 0.05) is 11.0 Å². The van der Waals surface area contributed by atoms with Crippen LogP contribution < -0.4 is 10.1 Å². The number of aromatic nitrogens is 2. The van der Waals surface area contributed by atoms with Crippen LogP contribution in [0.3, 0.4) is 0 Å². The van der Waals surface area contributed by atoms with Crippen LogP contribution in [0.5, 0.6) is 11.6 Å². The van der Waals surface area contributed by atoms with Crippen molar-refractivity contribution in [1.29, 1.82) is 0 Å². The Morgan fingerprint density at radius 1 is 1.30 bits per heavy atom. The molecule has 1 N–H and O–H groups in total. The van der Waals surface area contributed by atoms with Crippen LogP contribution >= 0.6 is 27.5 Å². The van der Waals surface area contributed by atoms with E-state index in [9.17, 15) is 0 Å². The van der Waals surface area contributed by atoms with E-state index < -0.39 is 0 Å². The number of halogens is 2. The molecule has 6 heteroatoms. The predicted octanol–water partition coefficient (Wildman–Crippen LogP) is 4.18. The van der Waals surface area contributed by atoms with Crippen LogP contribution in [-0.2, 0) is 6.54 Å². The molecule has 0 unspecified atom stereocenters. The molecule has 106 valence electrons. The molecule has 20 heavy (non-hydrogen) atoms. The first-order valence-electron chi connectivity index (χ1n) is 6.33. The lowest BCUT2D eigenvalue weighted by Gasteiger charge is -2.07. The first kappa shape index (κ1) is 15.2. The molecular weight excluding hydrogens is 342 g/mol. The molecule has 2 rings (SSSR count). The molecule has 4 nitrogen and oxygen atoms in total. The van der Waals surface area contributed by atoms with E-state index in [0.717, 1.165) is 23.1 Å². The van der Waals surface area contributed by atoms with E-state index in [0.29, 0.717) is 23.2 Å². The van der Waals surface area contributed by atoms with Gasteiger partial charge in [0.1, 0.15) is 5.75 Å². The molecule has 0 amide bonds. The summed E-state index contributed by atoms with van der Waals surface area (Å²) in [4.78, 5) is 8.51. The van der Waals surface area contributed by atoms with Gasteiger partial charge in [0.25, 0.3) is 0 Å². The molecule has 0 saturated heterocycles. The molecule has 0 saturated carbocycles. The SMILES string of the molecule is CCCNCc1cnc(Oc2ccc(Br)cc2Cl)cn1. The number of hydrogen-bond acceptors (Lipinski definition) is 4. The van der Waals surface area contributed by atoms with Crippen LogP contribution in [0.25, 0.3) is 0 Å². The highest BCUT2D eigenvalue weighted by Crippen LogP contribution is 2.30. The van der Waals surface area contributed by atoms with Crippen LogP contribution in [0.1, 0.15) is 19.0 Å². The van der Waals surface area contributed by atoms with Crippen molar-refractivity contribution >= 4 is 27.5 Å². The van der Waals surface area contributed by atoms with Crippen molar-refractivity contribution in [2.45, 2.75) is 19.9 Å². The summed E-state index contributed by atoms with van der Waals surface area (Å²) < 4.78 is 6.50. The summed E-state index contributed by atoms with van der Waals surface area (Å²) in [5.41, 5.74) is 0.882. The molecular formula is C14H15BrClN3O. The number of nitrogens with zero attached hydrogens (tertiary/aromatic N) is 2. The van der Waals surface area contributed by atoms with Crippen LogP contribution in [0.2, 0.25) is 5.02 Å². The van der Waals surface area contributed by atoms with Gasteiger partial charge in [0.2, 0.25) is 5.88 Å². The topological polar surface area (TPSA) is 47.0 Å². The number of ether oxygens (including phenoxy) is 1. The number of nitrogens with one attached hydrogen (secondary N) is 1. The fourth-order valence-corrected chi connectivity index (χ4v) is 2.26. The fraction of sp³-hybridized carbons (Fsp3) is 0.286. The minimum Gasteiger partial charge on any atom is -0.436 e. The second kappa shape index (κ2) is 7.57. The Bertz CT molecular complexity index is 563. The van der Waals surface area contributed by atoms with E-state index in [1.54, 1.807) is 24.5 Å². The molecule has 1 heterocycles. The molecule has 1 aromatic carbocycles. The van der Waals surface area contributed by atoms with E-state index >= 15 is 0 Å². The summed E-state index contributed by atoms with van der Waals surface area (Å²) in [5.74, 6) is 0.981. The number of benzene rings is 1. The van der Waals surface area contributed by atoms with Crippen molar-refractivity contribution in [2.75, 3.05) is 6.54 Å². The summed E-state index contributed by atoms with van der Waals surface area (Å²) in [5, 5.41) is 3.79. The van der Waals surface area contributed by atoms with E-state index in [1.165, 1.54) is 0 Å². The number of hydrogen-bond donors (Lipinski definition) is 1. The molecule has 0 radical (unpaired) electrons. The maximum atomic E-state index is 6.08. The largest absolute Gasteiger partial charge is 0.436 e. The highest BCUT2D eigenvalue weighted by atomic mass is 79.9. The average Bonchev–Trinajstić information content (AvgIpc) is 2.44. The smallest absolute Gasteiger partial charge is 0.237 e. The highest BCUT2D eigenvalue weighted by molar-refractivity contribution is 9.10. The van der Waals surface area contributed by atoms with Gasteiger partial charge in [-0.2, -0.15) is 0 Å². The average molecular weight is 357 g/mol. The van der Waals surface area contributed by atoms with Crippen molar-refractivity contribution in [2.24, 2.45) is 0 Å². The van der Waals surface area contributed by atoms with Gasteiger partial charge >= 0.3 is 0 Å². The highest BCUT2D eigenvalue weighted by Gasteiger charge is 2.05. The quantitative estimate of drug-likeness (QED) is 0.789. The van der Waals surface area contributed by atoms with Gasteiger partial charge in [0.05, 0.1) is 23.1 Å². The molecule has 1 aromatic heterocycles. The number of rotatable bonds is 6. The maximum Gasteiger partial charge on any atom is 0.237 e. The zero-order valence-electron chi connectivity index (χ0n) is 11.1. The minimum atomic E-state index is 0.425. The molecule has 2 aromatic rings. The standard InChI is InChI=1S/C14H15BrClN3O/c1-2-5-17-7-11-8-19-14(9-18-11)20-13-4-3-10(15)6-12(13)16/h3-4,6,8-9,17H,2,5,7H2,1H3. The van der Waals surface area contributed by atoms with Gasteiger partial charge in [-0.05, 0) is 31.2 Å². The van der Waals surface area contributed by atoms with Crippen LogP contribution in [0.15, 0.2) is 35.1 Å². The van der Waals surface area contributed by atoms with E-state index in [2.05, 4.69) is 38.1 Å². The summed E-state index contributed by atoms with van der Waals surface area (Å²) >= 11 is 9.43. The zero-order chi connectivity index (χ0) is 14.4. The third kappa shape index (κ3) is 4.44. The maximum absolute atomic E-state index is 6.08. The molecule has 0 atom stereocenters. The Morgan fingerprint density at radius 3 is 2.80 bits per heavy atom. The fourth-order valence-electron chi connectivity index (χ4n) is 1.55. The van der Waals surface area contributed by atoms with Crippen LogP contribution in [-0.4, -0.2) is 16.5 Å². The Morgan fingerprint density at radius 2 is 2.15 bits per heavy atom. The first-order chi connectivity index (χ1) is 9.69. The van der Waals surface area contributed by atoms with E-state index in [4.69, 9.17) is 16.3 Å². The molecule has 0 bridgehead atoms. The Balaban J connectivity index is 1.99. The molecule has 0 aliphatic rings. The third-order valence-electron chi connectivity index (χ3n) is 2.52. The van der Waals surface area contributed by atoms with Crippen molar-refractivity contribution in [3.8, 4) is 11.6 Å². The third-order valence-corrected chi connectivity index (χ3v) is 3.31. The van der Waals surface area contributed by atoms with Gasteiger partial charge in [0.15, 0.2) is 0 Å². The summed E-state index contributed by atoms with van der Waals surface area (Å²) in [6.07, 6.45) is 4.39. The van der Waals surface area contributed by atoms with Gasteiger partial charge in [-0.15, -0.1) is 0 Å². The van der Waals surface area contributed by atoms with Gasteiger partial charge in [-0.3, -0.25) is 4.98 Å². The van der Waals surface area contributed by atoms with Crippen LogP contribution in [0.4, 0.5) is 0 Å². The minimum absolute atomic E-state index is 0.425.